The maximum atomic E-state index is 13.8. The zero-order chi connectivity index (χ0) is 13.8. The molecule has 1 fully saturated rings. The number of aliphatic hydroxyl groups is 1. The number of halogens is 1. The summed E-state index contributed by atoms with van der Waals surface area (Å²) >= 11 is 0. The molecule has 4 nitrogen and oxygen atoms in total. The average molecular weight is 266 g/mol. The van der Waals surface area contributed by atoms with E-state index in [1.807, 2.05) is 0 Å². The first-order chi connectivity index (χ1) is 9.11. The van der Waals surface area contributed by atoms with Gasteiger partial charge in [0.15, 0.2) is 0 Å². The van der Waals surface area contributed by atoms with Crippen LogP contribution in [0.25, 0.3) is 0 Å². The van der Waals surface area contributed by atoms with Crippen molar-refractivity contribution in [3.05, 3.63) is 35.1 Å². The Kier molecular flexibility index (Phi) is 4.50. The van der Waals surface area contributed by atoms with Gasteiger partial charge in [-0.1, -0.05) is 6.07 Å². The van der Waals surface area contributed by atoms with Crippen LogP contribution in [0.1, 0.15) is 15.9 Å². The number of hydrogen-bond acceptors (Lipinski definition) is 3. The van der Waals surface area contributed by atoms with E-state index in [1.165, 1.54) is 6.07 Å². The summed E-state index contributed by atoms with van der Waals surface area (Å²) in [6.45, 7) is 5.14. The van der Waals surface area contributed by atoms with Gasteiger partial charge in [-0.2, -0.15) is 0 Å². The Morgan fingerprint density at radius 3 is 2.58 bits per heavy atom. The molecule has 1 heterocycles. The Morgan fingerprint density at radius 2 is 2.00 bits per heavy atom. The highest BCUT2D eigenvalue weighted by Crippen LogP contribution is 2.14. The second kappa shape index (κ2) is 6.12. The van der Waals surface area contributed by atoms with Crippen molar-refractivity contribution in [2.24, 2.45) is 0 Å². The topological polar surface area (TPSA) is 43.8 Å². The van der Waals surface area contributed by atoms with Gasteiger partial charge < -0.3 is 10.0 Å². The molecule has 0 aliphatic carbocycles. The van der Waals surface area contributed by atoms with Crippen molar-refractivity contribution in [1.29, 1.82) is 0 Å². The van der Waals surface area contributed by atoms with E-state index in [0.717, 1.165) is 18.7 Å². The molecule has 1 aliphatic rings. The number of carbonyl (C=O) groups excluding carboxylic acids is 1. The van der Waals surface area contributed by atoms with Gasteiger partial charge in [0.2, 0.25) is 0 Å². The fourth-order valence-corrected chi connectivity index (χ4v) is 2.28. The third-order valence-corrected chi connectivity index (χ3v) is 3.43. The second-order valence-electron chi connectivity index (χ2n) is 4.84. The Balaban J connectivity index is 2.01. The third-order valence-electron chi connectivity index (χ3n) is 3.43. The number of aliphatic hydroxyl groups excluding tert-OH is 1. The first-order valence-corrected chi connectivity index (χ1v) is 6.50. The number of rotatable bonds is 3. The van der Waals surface area contributed by atoms with Crippen LogP contribution in [-0.2, 0) is 0 Å². The lowest BCUT2D eigenvalue weighted by Crippen LogP contribution is -2.49. The highest BCUT2D eigenvalue weighted by Gasteiger charge is 2.23. The van der Waals surface area contributed by atoms with Gasteiger partial charge >= 0.3 is 0 Å². The van der Waals surface area contributed by atoms with E-state index in [2.05, 4.69) is 4.90 Å². The molecule has 1 aromatic carbocycles. The van der Waals surface area contributed by atoms with Crippen molar-refractivity contribution in [2.75, 3.05) is 39.3 Å². The predicted molar refractivity (Wildman–Crippen MR) is 70.6 cm³/mol. The summed E-state index contributed by atoms with van der Waals surface area (Å²) < 4.78 is 13.8. The molecule has 2 rings (SSSR count). The molecular weight excluding hydrogens is 247 g/mol. The fourth-order valence-electron chi connectivity index (χ4n) is 2.28. The quantitative estimate of drug-likeness (QED) is 0.883. The number of carbonyl (C=O) groups is 1. The van der Waals surface area contributed by atoms with Crippen molar-refractivity contribution < 1.29 is 14.3 Å². The van der Waals surface area contributed by atoms with E-state index < -0.39 is 5.82 Å². The summed E-state index contributed by atoms with van der Waals surface area (Å²) in [6, 6.07) is 4.68. The smallest absolute Gasteiger partial charge is 0.256 e. The van der Waals surface area contributed by atoms with E-state index >= 15 is 0 Å². The largest absolute Gasteiger partial charge is 0.395 e. The van der Waals surface area contributed by atoms with Crippen molar-refractivity contribution in [1.82, 2.24) is 9.80 Å². The standard InChI is InChI=1S/C14H19FN2O2/c1-11-2-3-12(13(15)10-11)14(19)17-6-4-16(5-7-17)8-9-18/h2-3,10,18H,4-9H2,1H3. The lowest BCUT2D eigenvalue weighted by Gasteiger charge is -2.34. The van der Waals surface area contributed by atoms with Gasteiger partial charge in [0.1, 0.15) is 5.82 Å². The SMILES string of the molecule is Cc1ccc(C(=O)N2CCN(CCO)CC2)c(F)c1. The van der Waals surface area contributed by atoms with Gasteiger partial charge in [-0.15, -0.1) is 0 Å². The van der Waals surface area contributed by atoms with Crippen LogP contribution >= 0.6 is 0 Å². The summed E-state index contributed by atoms with van der Waals surface area (Å²) in [5.74, 6) is -0.705. The van der Waals surface area contributed by atoms with Gasteiger partial charge in [-0.3, -0.25) is 9.69 Å². The minimum Gasteiger partial charge on any atom is -0.395 e. The molecule has 104 valence electrons. The van der Waals surface area contributed by atoms with E-state index in [9.17, 15) is 9.18 Å². The highest BCUT2D eigenvalue weighted by molar-refractivity contribution is 5.94. The van der Waals surface area contributed by atoms with Crippen LogP contribution in [0, 0.1) is 12.7 Å². The second-order valence-corrected chi connectivity index (χ2v) is 4.84. The monoisotopic (exact) mass is 266 g/mol. The Bertz CT molecular complexity index is 457. The van der Waals surface area contributed by atoms with E-state index in [-0.39, 0.29) is 18.1 Å². The van der Waals surface area contributed by atoms with Gasteiger partial charge in [-0.05, 0) is 24.6 Å². The molecule has 0 atom stereocenters. The van der Waals surface area contributed by atoms with Crippen LogP contribution in [0.15, 0.2) is 18.2 Å². The van der Waals surface area contributed by atoms with E-state index in [1.54, 1.807) is 24.0 Å². The summed E-state index contributed by atoms with van der Waals surface area (Å²) in [7, 11) is 0. The van der Waals surface area contributed by atoms with E-state index in [4.69, 9.17) is 5.11 Å². The Hall–Kier alpha value is -1.46. The minimum absolute atomic E-state index is 0.126. The molecular formula is C14H19FN2O2. The summed E-state index contributed by atoms with van der Waals surface area (Å²) in [6.07, 6.45) is 0. The summed E-state index contributed by atoms with van der Waals surface area (Å²) in [4.78, 5) is 16.0. The summed E-state index contributed by atoms with van der Waals surface area (Å²) in [5.41, 5.74) is 0.947. The van der Waals surface area contributed by atoms with Gasteiger partial charge in [0.05, 0.1) is 12.2 Å². The number of nitrogens with zero attached hydrogens (tertiary/aromatic N) is 2. The van der Waals surface area contributed by atoms with Crippen LogP contribution in [0.5, 0.6) is 0 Å². The molecule has 1 N–H and O–H groups in total. The lowest BCUT2D eigenvalue weighted by molar-refractivity contribution is 0.0610. The average Bonchev–Trinajstić information content (AvgIpc) is 2.39. The van der Waals surface area contributed by atoms with Gasteiger partial charge in [0, 0.05) is 32.7 Å². The predicted octanol–water partition coefficient (Wildman–Crippen LogP) is 0.884. The molecule has 0 radical (unpaired) electrons. The zero-order valence-electron chi connectivity index (χ0n) is 11.1. The molecule has 1 saturated heterocycles. The van der Waals surface area contributed by atoms with E-state index in [0.29, 0.717) is 19.6 Å². The summed E-state index contributed by atoms with van der Waals surface area (Å²) in [5, 5.41) is 8.86. The van der Waals surface area contributed by atoms with Crippen LogP contribution in [-0.4, -0.2) is 60.1 Å². The van der Waals surface area contributed by atoms with Crippen molar-refractivity contribution in [3.63, 3.8) is 0 Å². The lowest BCUT2D eigenvalue weighted by atomic mass is 10.1. The first kappa shape index (κ1) is 14.0. The number of aryl methyl sites for hydroxylation is 1. The molecule has 0 unspecified atom stereocenters. The van der Waals surface area contributed by atoms with Crippen LogP contribution < -0.4 is 0 Å². The molecule has 19 heavy (non-hydrogen) atoms. The van der Waals surface area contributed by atoms with Crippen molar-refractivity contribution in [3.8, 4) is 0 Å². The van der Waals surface area contributed by atoms with Crippen molar-refractivity contribution in [2.45, 2.75) is 6.92 Å². The Morgan fingerprint density at radius 1 is 1.32 bits per heavy atom. The minimum atomic E-state index is -0.456. The Labute approximate surface area is 112 Å². The fraction of sp³-hybridized carbons (Fsp3) is 0.500. The number of hydrogen-bond donors (Lipinski definition) is 1. The maximum Gasteiger partial charge on any atom is 0.256 e. The molecule has 0 aromatic heterocycles. The zero-order valence-corrected chi connectivity index (χ0v) is 11.1. The third kappa shape index (κ3) is 3.30. The maximum absolute atomic E-state index is 13.8. The van der Waals surface area contributed by atoms with Crippen molar-refractivity contribution >= 4 is 5.91 Å². The van der Waals surface area contributed by atoms with Crippen LogP contribution in [0.2, 0.25) is 0 Å². The normalized spacial score (nSPS) is 16.7. The number of amides is 1. The molecule has 0 saturated carbocycles. The van der Waals surface area contributed by atoms with Crippen LogP contribution in [0.4, 0.5) is 4.39 Å². The number of β-amino-alcohol motifs (C(OH)–C–C–N with tert-alkyl or cyclic N) is 1. The molecule has 0 spiro atoms. The molecule has 0 bridgehead atoms. The van der Waals surface area contributed by atoms with Gasteiger partial charge in [0.25, 0.3) is 5.91 Å². The molecule has 5 heteroatoms. The van der Waals surface area contributed by atoms with Gasteiger partial charge in [-0.25, -0.2) is 4.39 Å². The molecule has 1 aromatic rings. The highest BCUT2D eigenvalue weighted by atomic mass is 19.1. The molecule has 1 amide bonds. The first-order valence-electron chi connectivity index (χ1n) is 6.50. The number of piperazine rings is 1. The van der Waals surface area contributed by atoms with Crippen LogP contribution in [0.3, 0.4) is 0 Å². The number of benzene rings is 1. The molecule has 1 aliphatic heterocycles.